The van der Waals surface area contributed by atoms with Crippen LogP contribution >= 0.6 is 0 Å². The van der Waals surface area contributed by atoms with Gasteiger partial charge in [0.2, 0.25) is 0 Å². The maximum atomic E-state index is 13.3. The molecule has 0 unspecified atom stereocenters. The highest BCUT2D eigenvalue weighted by Gasteiger charge is 2.32. The molecule has 0 saturated carbocycles. The Morgan fingerprint density at radius 3 is 2.62 bits per heavy atom. The summed E-state index contributed by atoms with van der Waals surface area (Å²) in [5.41, 5.74) is 4.94. The third-order valence-corrected chi connectivity index (χ3v) is 5.43. The average molecular weight is 381 g/mol. The molecule has 4 aromatic rings. The van der Waals surface area contributed by atoms with Crippen LogP contribution in [0.25, 0.3) is 22.2 Å². The number of rotatable bonds is 3. The van der Waals surface area contributed by atoms with Crippen molar-refractivity contribution in [2.45, 2.75) is 18.6 Å². The van der Waals surface area contributed by atoms with E-state index in [1.54, 1.807) is 18.5 Å². The molecule has 5 heteroatoms. The lowest BCUT2D eigenvalue weighted by molar-refractivity contribution is 0.0860. The zero-order chi connectivity index (χ0) is 19.8. The monoisotopic (exact) mass is 381 g/mol. The van der Waals surface area contributed by atoms with Crippen LogP contribution in [0.2, 0.25) is 0 Å². The number of hydrogen-bond acceptors (Lipinski definition) is 4. The maximum Gasteiger partial charge on any atom is 0.252 e. The van der Waals surface area contributed by atoms with Gasteiger partial charge in [0.05, 0.1) is 28.9 Å². The molecule has 1 aliphatic carbocycles. The second-order valence-electron chi connectivity index (χ2n) is 7.23. The van der Waals surface area contributed by atoms with Gasteiger partial charge in [-0.1, -0.05) is 42.5 Å². The molecule has 0 saturated heterocycles. The van der Waals surface area contributed by atoms with Crippen molar-refractivity contribution >= 4 is 16.8 Å². The van der Waals surface area contributed by atoms with Crippen LogP contribution < -0.4 is 5.32 Å². The van der Waals surface area contributed by atoms with Crippen molar-refractivity contribution in [1.82, 2.24) is 15.3 Å². The molecule has 0 radical (unpaired) electrons. The Hall–Kier alpha value is -3.57. The first-order chi connectivity index (χ1) is 14.2. The Labute approximate surface area is 168 Å². The van der Waals surface area contributed by atoms with Crippen LogP contribution in [-0.4, -0.2) is 27.1 Å². The van der Waals surface area contributed by atoms with Crippen molar-refractivity contribution in [3.8, 4) is 11.3 Å². The van der Waals surface area contributed by atoms with Gasteiger partial charge in [-0.3, -0.25) is 9.78 Å². The number of nitrogens with zero attached hydrogens (tertiary/aromatic N) is 2. The summed E-state index contributed by atoms with van der Waals surface area (Å²) < 4.78 is 0. The van der Waals surface area contributed by atoms with Crippen LogP contribution in [0, 0.1) is 0 Å². The summed E-state index contributed by atoms with van der Waals surface area (Å²) in [5.74, 6) is -0.223. The highest BCUT2D eigenvalue weighted by atomic mass is 16.3. The molecule has 1 aliphatic rings. The van der Waals surface area contributed by atoms with E-state index in [2.05, 4.69) is 10.3 Å². The molecule has 5 rings (SSSR count). The Kier molecular flexibility index (Phi) is 4.30. The zero-order valence-electron chi connectivity index (χ0n) is 15.6. The van der Waals surface area contributed by atoms with Crippen LogP contribution in [0.3, 0.4) is 0 Å². The normalized spacial score (nSPS) is 17.8. The number of aliphatic hydroxyl groups excluding tert-OH is 1. The number of carbonyl (C=O) groups is 1. The van der Waals surface area contributed by atoms with Crippen molar-refractivity contribution in [1.29, 1.82) is 0 Å². The molecule has 0 bridgehead atoms. The van der Waals surface area contributed by atoms with Crippen molar-refractivity contribution in [2.24, 2.45) is 0 Å². The fourth-order valence-electron chi connectivity index (χ4n) is 4.00. The minimum absolute atomic E-state index is 0.223. The predicted octanol–water partition coefficient (Wildman–Crippen LogP) is 3.68. The first-order valence-corrected chi connectivity index (χ1v) is 9.57. The number of hydrogen-bond donors (Lipinski definition) is 2. The lowest BCUT2D eigenvalue weighted by Crippen LogP contribution is -2.34. The quantitative estimate of drug-likeness (QED) is 0.568. The summed E-state index contributed by atoms with van der Waals surface area (Å²) in [6.45, 7) is 0. The Morgan fingerprint density at radius 1 is 1.00 bits per heavy atom. The standard InChI is InChI=1S/C24H19N3O2/c28-22-13-16-5-1-2-6-17(16)23(22)27-24(29)19-14-21(15-9-11-25-12-10-15)26-20-8-4-3-7-18(19)20/h1-12,14,22-23,28H,13H2,(H,27,29)/t22-,23+/m0/s1. The van der Waals surface area contributed by atoms with E-state index < -0.39 is 12.1 Å². The van der Waals surface area contributed by atoms with E-state index >= 15 is 0 Å². The van der Waals surface area contributed by atoms with E-state index in [1.807, 2.05) is 60.7 Å². The minimum Gasteiger partial charge on any atom is -0.390 e. The van der Waals surface area contributed by atoms with Crippen molar-refractivity contribution in [3.05, 3.63) is 95.8 Å². The number of pyridine rings is 2. The Balaban J connectivity index is 1.57. The molecule has 142 valence electrons. The number of benzene rings is 2. The number of fused-ring (bicyclic) bond motifs is 2. The minimum atomic E-state index is -0.635. The number of aromatic nitrogens is 2. The summed E-state index contributed by atoms with van der Waals surface area (Å²) >= 11 is 0. The fourth-order valence-corrected chi connectivity index (χ4v) is 4.00. The third kappa shape index (κ3) is 3.15. The Morgan fingerprint density at radius 2 is 1.76 bits per heavy atom. The zero-order valence-corrected chi connectivity index (χ0v) is 15.6. The van der Waals surface area contributed by atoms with Gasteiger partial charge in [-0.15, -0.1) is 0 Å². The fraction of sp³-hybridized carbons (Fsp3) is 0.125. The SMILES string of the molecule is O=C(N[C@@H]1c2ccccc2C[C@@H]1O)c1cc(-c2ccncc2)nc2ccccc12. The molecule has 2 heterocycles. The molecule has 2 N–H and O–H groups in total. The molecule has 5 nitrogen and oxygen atoms in total. The van der Waals surface area contributed by atoms with Gasteiger partial charge in [-0.05, 0) is 35.4 Å². The number of aliphatic hydroxyl groups is 1. The van der Waals surface area contributed by atoms with Gasteiger partial charge in [-0.2, -0.15) is 0 Å². The van der Waals surface area contributed by atoms with E-state index in [4.69, 9.17) is 4.98 Å². The maximum absolute atomic E-state index is 13.3. The molecule has 2 atom stereocenters. The van der Waals surface area contributed by atoms with Crippen LogP contribution in [0.15, 0.2) is 79.1 Å². The summed E-state index contributed by atoms with van der Waals surface area (Å²) in [7, 11) is 0. The summed E-state index contributed by atoms with van der Waals surface area (Å²) in [5, 5.41) is 14.3. The Bertz CT molecular complexity index is 1210. The molecule has 1 amide bonds. The predicted molar refractivity (Wildman–Crippen MR) is 111 cm³/mol. The number of nitrogens with one attached hydrogen (secondary N) is 1. The van der Waals surface area contributed by atoms with Gasteiger partial charge >= 0.3 is 0 Å². The van der Waals surface area contributed by atoms with Gasteiger partial charge in [0.1, 0.15) is 0 Å². The van der Waals surface area contributed by atoms with Crippen LogP contribution in [0.4, 0.5) is 0 Å². The van der Waals surface area contributed by atoms with E-state index in [-0.39, 0.29) is 5.91 Å². The smallest absolute Gasteiger partial charge is 0.252 e. The average Bonchev–Trinajstić information content (AvgIpc) is 3.08. The first-order valence-electron chi connectivity index (χ1n) is 9.57. The van der Waals surface area contributed by atoms with Crippen molar-refractivity contribution < 1.29 is 9.90 Å². The van der Waals surface area contributed by atoms with Gasteiger partial charge in [0.15, 0.2) is 0 Å². The van der Waals surface area contributed by atoms with Gasteiger partial charge in [-0.25, -0.2) is 4.98 Å². The molecule has 2 aromatic heterocycles. The van der Waals surface area contributed by atoms with Crippen LogP contribution in [0.1, 0.15) is 27.5 Å². The largest absolute Gasteiger partial charge is 0.390 e. The van der Waals surface area contributed by atoms with Crippen LogP contribution in [-0.2, 0) is 6.42 Å². The summed E-state index contributed by atoms with van der Waals surface area (Å²) in [6.07, 6.45) is 3.32. The van der Waals surface area contributed by atoms with Crippen molar-refractivity contribution in [3.63, 3.8) is 0 Å². The summed E-state index contributed by atoms with van der Waals surface area (Å²) in [4.78, 5) is 22.1. The van der Waals surface area contributed by atoms with Crippen molar-refractivity contribution in [2.75, 3.05) is 0 Å². The lowest BCUT2D eigenvalue weighted by Gasteiger charge is -2.19. The van der Waals surface area contributed by atoms with Gasteiger partial charge in [0, 0.05) is 29.8 Å². The van der Waals surface area contributed by atoms with E-state index in [9.17, 15) is 9.90 Å². The van der Waals surface area contributed by atoms with Gasteiger partial charge in [0.25, 0.3) is 5.91 Å². The molecule has 0 fully saturated rings. The first kappa shape index (κ1) is 17.5. The van der Waals surface area contributed by atoms with Gasteiger partial charge < -0.3 is 10.4 Å². The van der Waals surface area contributed by atoms with E-state index in [0.717, 1.165) is 27.6 Å². The third-order valence-electron chi connectivity index (χ3n) is 5.43. The topological polar surface area (TPSA) is 75.1 Å². The second kappa shape index (κ2) is 7.11. The number of para-hydroxylation sites is 1. The highest BCUT2D eigenvalue weighted by Crippen LogP contribution is 2.32. The van der Waals surface area contributed by atoms with E-state index in [0.29, 0.717) is 17.7 Å². The van der Waals surface area contributed by atoms with E-state index in [1.165, 1.54) is 0 Å². The molecule has 0 spiro atoms. The highest BCUT2D eigenvalue weighted by molar-refractivity contribution is 6.07. The lowest BCUT2D eigenvalue weighted by atomic mass is 10.0. The molecule has 29 heavy (non-hydrogen) atoms. The molecular weight excluding hydrogens is 362 g/mol. The molecule has 0 aliphatic heterocycles. The van der Waals surface area contributed by atoms with Crippen LogP contribution in [0.5, 0.6) is 0 Å². The second-order valence-corrected chi connectivity index (χ2v) is 7.23. The molecule has 2 aromatic carbocycles. The number of amides is 1. The summed E-state index contributed by atoms with van der Waals surface area (Å²) in [6, 6.07) is 20.6. The number of carbonyl (C=O) groups excluding carboxylic acids is 1. The molecular formula is C24H19N3O2.